The van der Waals surface area contributed by atoms with Crippen LogP contribution in [0.3, 0.4) is 0 Å². The summed E-state index contributed by atoms with van der Waals surface area (Å²) in [6.07, 6.45) is 0. The van der Waals surface area contributed by atoms with Crippen LogP contribution in [0.25, 0.3) is 0 Å². The molecule has 0 saturated carbocycles. The number of rotatable bonds is 5. The lowest BCUT2D eigenvalue weighted by molar-refractivity contribution is -0.119. The molecule has 0 aliphatic carbocycles. The highest BCUT2D eigenvalue weighted by atomic mass is 32.2. The van der Waals surface area contributed by atoms with Gasteiger partial charge in [-0.1, -0.05) is 6.58 Å². The van der Waals surface area contributed by atoms with Crippen LogP contribution < -0.4 is 5.32 Å². The zero-order valence-corrected chi connectivity index (χ0v) is 9.27. The number of hydrogen-bond donors (Lipinski definition) is 1. The average molecular weight is 220 g/mol. The standard InChI is InChI=1S/C8H15NO4S/c1-6(2)7(10)9-8(3,4)5-13-14(11)12/h1,5H2,2-4H3,(H,9,10)(H,11,12)/p-1. The van der Waals surface area contributed by atoms with Crippen molar-refractivity contribution in [3.63, 3.8) is 0 Å². The molecular weight excluding hydrogens is 206 g/mol. The van der Waals surface area contributed by atoms with E-state index in [9.17, 15) is 13.6 Å². The number of carbonyl (C=O) groups excluding carboxylic acids is 1. The summed E-state index contributed by atoms with van der Waals surface area (Å²) in [6.45, 7) is 8.23. The second kappa shape index (κ2) is 5.23. The monoisotopic (exact) mass is 220 g/mol. The molecule has 6 heteroatoms. The molecule has 0 radical (unpaired) electrons. The van der Waals surface area contributed by atoms with Gasteiger partial charge in [0.2, 0.25) is 5.91 Å². The predicted octanol–water partition coefficient (Wildman–Crippen LogP) is 0.268. The Morgan fingerprint density at radius 1 is 1.64 bits per heavy atom. The van der Waals surface area contributed by atoms with Gasteiger partial charge in [0.1, 0.15) is 0 Å². The molecule has 0 spiro atoms. The van der Waals surface area contributed by atoms with E-state index < -0.39 is 16.9 Å². The summed E-state index contributed by atoms with van der Waals surface area (Å²) in [5.41, 5.74) is -0.378. The molecule has 82 valence electrons. The fourth-order valence-electron chi connectivity index (χ4n) is 0.646. The Bertz CT molecular complexity index is 262. The first kappa shape index (κ1) is 13.3. The van der Waals surface area contributed by atoms with E-state index >= 15 is 0 Å². The van der Waals surface area contributed by atoms with Crippen LogP contribution in [0.1, 0.15) is 20.8 Å². The van der Waals surface area contributed by atoms with Crippen LogP contribution in [0.4, 0.5) is 0 Å². The maximum atomic E-state index is 11.2. The van der Waals surface area contributed by atoms with Crippen LogP contribution in [0.2, 0.25) is 0 Å². The van der Waals surface area contributed by atoms with Gasteiger partial charge in [-0.05, 0) is 20.8 Å². The lowest BCUT2D eigenvalue weighted by Gasteiger charge is -2.26. The van der Waals surface area contributed by atoms with Crippen molar-refractivity contribution in [2.45, 2.75) is 26.3 Å². The number of nitrogens with one attached hydrogen (secondary N) is 1. The molecule has 0 fully saturated rings. The van der Waals surface area contributed by atoms with Crippen molar-refractivity contribution in [2.75, 3.05) is 6.61 Å². The quantitative estimate of drug-likeness (QED) is 0.532. The first-order valence-corrected chi connectivity index (χ1v) is 4.95. The van der Waals surface area contributed by atoms with Gasteiger partial charge in [0.25, 0.3) is 0 Å². The summed E-state index contributed by atoms with van der Waals surface area (Å²) in [5, 5.41) is 2.57. The van der Waals surface area contributed by atoms with Crippen LogP contribution in [0, 0.1) is 0 Å². The summed E-state index contributed by atoms with van der Waals surface area (Å²) < 4.78 is 24.6. The van der Waals surface area contributed by atoms with Crippen molar-refractivity contribution in [1.29, 1.82) is 0 Å². The Kier molecular flexibility index (Phi) is 4.96. The van der Waals surface area contributed by atoms with Gasteiger partial charge < -0.3 is 9.87 Å². The lowest BCUT2D eigenvalue weighted by atomic mass is 10.1. The van der Waals surface area contributed by atoms with E-state index in [0.29, 0.717) is 5.57 Å². The molecule has 14 heavy (non-hydrogen) atoms. The van der Waals surface area contributed by atoms with Crippen molar-refractivity contribution in [2.24, 2.45) is 0 Å². The molecule has 0 aromatic carbocycles. The summed E-state index contributed by atoms with van der Waals surface area (Å²) in [7, 11) is 0. The highest BCUT2D eigenvalue weighted by Gasteiger charge is 2.21. The number of hydrogen-bond acceptors (Lipinski definition) is 4. The van der Waals surface area contributed by atoms with Crippen molar-refractivity contribution in [3.05, 3.63) is 12.2 Å². The molecule has 1 atom stereocenters. The molecular formula is C8H14NO4S-. The van der Waals surface area contributed by atoms with E-state index in [1.165, 1.54) is 0 Å². The van der Waals surface area contributed by atoms with Crippen molar-refractivity contribution in [3.8, 4) is 0 Å². The fraction of sp³-hybridized carbons (Fsp3) is 0.625. The minimum atomic E-state index is -2.56. The van der Waals surface area contributed by atoms with E-state index in [1.807, 2.05) is 0 Å². The van der Waals surface area contributed by atoms with Crippen molar-refractivity contribution >= 4 is 17.3 Å². The van der Waals surface area contributed by atoms with Gasteiger partial charge in [0, 0.05) is 5.57 Å². The molecule has 5 nitrogen and oxygen atoms in total. The predicted molar refractivity (Wildman–Crippen MR) is 51.9 cm³/mol. The summed E-state index contributed by atoms with van der Waals surface area (Å²) in [4.78, 5) is 11.2. The van der Waals surface area contributed by atoms with Gasteiger partial charge in [-0.2, -0.15) is 0 Å². The fourth-order valence-corrected chi connectivity index (χ4v) is 1.04. The summed E-state index contributed by atoms with van der Waals surface area (Å²) in [5.74, 6) is -0.324. The average Bonchev–Trinajstić information content (AvgIpc) is 2.00. The summed E-state index contributed by atoms with van der Waals surface area (Å²) >= 11 is -2.56. The van der Waals surface area contributed by atoms with Crippen LogP contribution in [0.15, 0.2) is 12.2 Å². The third kappa shape index (κ3) is 5.85. The van der Waals surface area contributed by atoms with Crippen LogP contribution in [-0.2, 0) is 20.3 Å². The first-order valence-electron chi connectivity index (χ1n) is 3.95. The van der Waals surface area contributed by atoms with Gasteiger partial charge in [-0.15, -0.1) is 0 Å². The maximum absolute atomic E-state index is 11.2. The van der Waals surface area contributed by atoms with Crippen LogP contribution in [0.5, 0.6) is 0 Å². The van der Waals surface area contributed by atoms with Gasteiger partial charge in [0.15, 0.2) is 0 Å². The van der Waals surface area contributed by atoms with Crippen molar-refractivity contribution < 1.29 is 17.7 Å². The Labute approximate surface area is 86.0 Å². The molecule has 0 aromatic heterocycles. The SMILES string of the molecule is C=C(C)C(=O)NC(C)(C)COS(=O)[O-]. The molecule has 0 rings (SSSR count). The molecule has 0 aliphatic rings. The molecule has 1 amide bonds. The van der Waals surface area contributed by atoms with E-state index in [-0.39, 0.29) is 12.5 Å². The molecule has 0 aromatic rings. The minimum Gasteiger partial charge on any atom is -0.750 e. The Balaban J connectivity index is 4.13. The van der Waals surface area contributed by atoms with Gasteiger partial charge in [-0.25, -0.2) is 4.21 Å². The van der Waals surface area contributed by atoms with E-state index in [4.69, 9.17) is 0 Å². The second-order valence-corrected chi connectivity index (χ2v) is 4.23. The lowest BCUT2D eigenvalue weighted by Crippen LogP contribution is -2.47. The van der Waals surface area contributed by atoms with E-state index in [1.54, 1.807) is 20.8 Å². The molecule has 0 bridgehead atoms. The van der Waals surface area contributed by atoms with Gasteiger partial charge >= 0.3 is 0 Å². The number of carbonyl (C=O) groups is 1. The summed E-state index contributed by atoms with van der Waals surface area (Å²) in [6, 6.07) is 0. The molecule has 0 heterocycles. The third-order valence-electron chi connectivity index (χ3n) is 1.36. The first-order chi connectivity index (χ1) is 6.24. The largest absolute Gasteiger partial charge is 0.750 e. The molecule has 1 unspecified atom stereocenters. The second-order valence-electron chi connectivity index (χ2n) is 3.58. The van der Waals surface area contributed by atoms with E-state index in [2.05, 4.69) is 16.1 Å². The maximum Gasteiger partial charge on any atom is 0.246 e. The zero-order valence-electron chi connectivity index (χ0n) is 8.46. The van der Waals surface area contributed by atoms with E-state index in [0.717, 1.165) is 0 Å². The van der Waals surface area contributed by atoms with Gasteiger partial charge in [-0.3, -0.25) is 8.98 Å². The molecule has 1 N–H and O–H groups in total. The van der Waals surface area contributed by atoms with Gasteiger partial charge in [0.05, 0.1) is 23.5 Å². The Morgan fingerprint density at radius 3 is 2.50 bits per heavy atom. The minimum absolute atomic E-state index is 0.109. The van der Waals surface area contributed by atoms with Crippen LogP contribution in [-0.4, -0.2) is 26.8 Å². The normalized spacial score (nSPS) is 13.4. The molecule has 0 saturated heterocycles. The highest BCUT2D eigenvalue weighted by Crippen LogP contribution is 2.04. The third-order valence-corrected chi connectivity index (χ3v) is 1.67. The van der Waals surface area contributed by atoms with Crippen LogP contribution >= 0.6 is 0 Å². The van der Waals surface area contributed by atoms with Crippen molar-refractivity contribution in [1.82, 2.24) is 5.32 Å². The smallest absolute Gasteiger partial charge is 0.246 e. The molecule has 0 aliphatic heterocycles. The number of amides is 1. The Hall–Kier alpha value is -0.720. The topological polar surface area (TPSA) is 78.5 Å². The highest BCUT2D eigenvalue weighted by molar-refractivity contribution is 7.74. The zero-order chi connectivity index (χ0) is 11.4. The Morgan fingerprint density at radius 2 is 2.14 bits per heavy atom.